The third-order valence-corrected chi connectivity index (χ3v) is 5.58. The molecule has 2 aromatic heterocycles. The summed E-state index contributed by atoms with van der Waals surface area (Å²) in [5.41, 5.74) is 3.92. The molecule has 3 aromatic rings. The quantitative estimate of drug-likeness (QED) is 0.401. The molecule has 0 saturated carbocycles. The van der Waals surface area contributed by atoms with E-state index in [1.165, 1.54) is 6.92 Å². The van der Waals surface area contributed by atoms with E-state index >= 15 is 0 Å². The number of halogens is 1. The van der Waals surface area contributed by atoms with Crippen molar-refractivity contribution in [1.29, 1.82) is 0 Å². The van der Waals surface area contributed by atoms with Gasteiger partial charge in [-0.2, -0.15) is 0 Å². The van der Waals surface area contributed by atoms with Crippen LogP contribution in [-0.2, 0) is 22.6 Å². The number of carbonyl (C=O) groups is 1. The molecule has 4 N–H and O–H groups in total. The summed E-state index contributed by atoms with van der Waals surface area (Å²) in [5.74, 6) is 0.0706. The molecule has 0 bridgehead atoms. The van der Waals surface area contributed by atoms with E-state index in [0.29, 0.717) is 24.7 Å². The summed E-state index contributed by atoms with van der Waals surface area (Å²) in [4.78, 5) is 30.7. The van der Waals surface area contributed by atoms with Gasteiger partial charge in [-0.25, -0.2) is 4.98 Å². The summed E-state index contributed by atoms with van der Waals surface area (Å²) in [6, 6.07) is 6.59. The van der Waals surface area contributed by atoms with Gasteiger partial charge in [0.2, 0.25) is 0 Å². The smallest absolute Gasteiger partial charge is 0.323 e. The molecule has 1 aliphatic heterocycles. The number of aliphatic hydroxyl groups excluding tert-OH is 1. The number of aliphatic hydroxyl groups is 1. The molecule has 1 aliphatic rings. The highest BCUT2D eigenvalue weighted by Crippen LogP contribution is 2.28. The van der Waals surface area contributed by atoms with Crippen LogP contribution in [0.1, 0.15) is 18.1 Å². The zero-order valence-electron chi connectivity index (χ0n) is 17.9. The Morgan fingerprint density at radius 1 is 1.38 bits per heavy atom. The Bertz CT molecular complexity index is 1170. The lowest BCUT2D eigenvalue weighted by molar-refractivity contribution is -0.142. The maximum Gasteiger partial charge on any atom is 0.323 e. The second-order valence-corrected chi connectivity index (χ2v) is 8.11. The molecule has 0 aliphatic carbocycles. The van der Waals surface area contributed by atoms with Crippen molar-refractivity contribution < 1.29 is 19.7 Å². The van der Waals surface area contributed by atoms with Crippen molar-refractivity contribution in [3.8, 4) is 11.4 Å². The van der Waals surface area contributed by atoms with Gasteiger partial charge in [-0.05, 0) is 37.6 Å². The number of fused-ring (bicyclic) bond motifs is 1. The van der Waals surface area contributed by atoms with Crippen LogP contribution < -0.4 is 10.9 Å². The fraction of sp³-hybridized carbons (Fsp3) is 0.409. The van der Waals surface area contributed by atoms with Crippen LogP contribution in [0.25, 0.3) is 22.4 Å². The Hall–Kier alpha value is -2.72. The van der Waals surface area contributed by atoms with E-state index in [1.54, 1.807) is 13.1 Å². The molecule has 32 heavy (non-hydrogen) atoms. The second-order valence-electron chi connectivity index (χ2n) is 8.11. The Morgan fingerprint density at radius 2 is 2.12 bits per heavy atom. The van der Waals surface area contributed by atoms with Crippen LogP contribution in [-0.4, -0.2) is 56.1 Å². The largest absolute Gasteiger partial charge is 0.480 e. The van der Waals surface area contributed by atoms with E-state index in [1.807, 2.05) is 24.3 Å². The van der Waals surface area contributed by atoms with E-state index in [9.17, 15) is 19.8 Å². The molecule has 2 atom stereocenters. The number of H-pyrrole nitrogens is 1. The molecule has 2 unspecified atom stereocenters. The highest BCUT2D eigenvalue weighted by atomic mass is 35.5. The summed E-state index contributed by atoms with van der Waals surface area (Å²) in [6.07, 6.45) is 0.660. The number of carboxylic acids is 1. The monoisotopic (exact) mass is 462 g/mol. The van der Waals surface area contributed by atoms with Crippen LogP contribution in [0, 0.1) is 12.8 Å². The van der Waals surface area contributed by atoms with Crippen molar-refractivity contribution in [1.82, 2.24) is 19.9 Å². The lowest BCUT2D eigenvalue weighted by Gasteiger charge is -2.27. The molecule has 0 amide bonds. The second kappa shape index (κ2) is 9.83. The van der Waals surface area contributed by atoms with Gasteiger partial charge in [-0.15, -0.1) is 12.4 Å². The summed E-state index contributed by atoms with van der Waals surface area (Å²) in [6.45, 7) is 5.67. The van der Waals surface area contributed by atoms with Gasteiger partial charge in [-0.1, -0.05) is 6.07 Å². The van der Waals surface area contributed by atoms with Crippen LogP contribution in [0.4, 0.5) is 0 Å². The number of pyridine rings is 1. The van der Waals surface area contributed by atoms with Gasteiger partial charge in [0.05, 0.1) is 30.4 Å². The predicted octanol–water partition coefficient (Wildman–Crippen LogP) is 1.69. The number of aryl methyl sites for hydroxylation is 1. The van der Waals surface area contributed by atoms with E-state index in [4.69, 9.17) is 9.72 Å². The Balaban J connectivity index is 0.00000289. The summed E-state index contributed by atoms with van der Waals surface area (Å²) in [7, 11) is 0. The molecular formula is C22H27ClN4O5. The first-order chi connectivity index (χ1) is 14.8. The minimum atomic E-state index is -1.10. The van der Waals surface area contributed by atoms with Gasteiger partial charge >= 0.3 is 5.97 Å². The highest BCUT2D eigenvalue weighted by Gasteiger charge is 2.24. The topological polar surface area (TPSA) is 129 Å². The zero-order chi connectivity index (χ0) is 22.1. The summed E-state index contributed by atoms with van der Waals surface area (Å²) >= 11 is 0. The maximum absolute atomic E-state index is 11.8. The van der Waals surface area contributed by atoms with Gasteiger partial charge < -0.3 is 24.5 Å². The number of hydrogen-bond acceptors (Lipinski definition) is 6. The maximum atomic E-state index is 11.8. The first kappa shape index (κ1) is 23.9. The average molecular weight is 463 g/mol. The van der Waals surface area contributed by atoms with Crippen LogP contribution in [0.3, 0.4) is 0 Å². The SMILES string of the molecule is Cc1cc(-c2nc3cc(CNC(C(=O)O)C(C)O)ccc3n2CC2COC2)c[nH]c1=O.Cl. The minimum absolute atomic E-state index is 0. The molecule has 0 spiro atoms. The molecule has 1 saturated heterocycles. The molecule has 9 nitrogen and oxygen atoms in total. The van der Waals surface area contributed by atoms with Crippen LogP contribution >= 0.6 is 12.4 Å². The lowest BCUT2D eigenvalue weighted by Crippen LogP contribution is -2.44. The fourth-order valence-corrected chi connectivity index (χ4v) is 3.76. The van der Waals surface area contributed by atoms with E-state index < -0.39 is 18.1 Å². The number of aliphatic carboxylic acids is 1. The number of nitrogens with zero attached hydrogens (tertiary/aromatic N) is 2. The van der Waals surface area contributed by atoms with Crippen LogP contribution in [0.2, 0.25) is 0 Å². The fourth-order valence-electron chi connectivity index (χ4n) is 3.76. The van der Waals surface area contributed by atoms with E-state index in [0.717, 1.165) is 34.5 Å². The van der Waals surface area contributed by atoms with Gasteiger partial charge in [-0.3, -0.25) is 14.9 Å². The number of nitrogens with one attached hydrogen (secondary N) is 2. The highest BCUT2D eigenvalue weighted by molar-refractivity contribution is 5.85. The first-order valence-corrected chi connectivity index (χ1v) is 10.2. The molecule has 10 heteroatoms. The zero-order valence-corrected chi connectivity index (χ0v) is 18.7. The van der Waals surface area contributed by atoms with E-state index in [2.05, 4.69) is 14.9 Å². The van der Waals surface area contributed by atoms with Gasteiger partial charge in [0.15, 0.2) is 0 Å². The lowest BCUT2D eigenvalue weighted by atomic mass is 10.1. The number of ether oxygens (including phenoxy) is 1. The van der Waals surface area contributed by atoms with Crippen molar-refractivity contribution >= 4 is 29.4 Å². The van der Waals surface area contributed by atoms with Crippen LogP contribution in [0.5, 0.6) is 0 Å². The van der Waals surface area contributed by atoms with E-state index in [-0.39, 0.29) is 24.5 Å². The Morgan fingerprint density at radius 3 is 2.72 bits per heavy atom. The van der Waals surface area contributed by atoms with Crippen molar-refractivity contribution in [2.45, 2.75) is 39.1 Å². The predicted molar refractivity (Wildman–Crippen MR) is 122 cm³/mol. The molecular weight excluding hydrogens is 436 g/mol. The average Bonchev–Trinajstić information content (AvgIpc) is 3.04. The van der Waals surface area contributed by atoms with Crippen molar-refractivity contribution in [2.75, 3.05) is 13.2 Å². The number of aromatic nitrogens is 3. The molecule has 4 rings (SSSR count). The number of benzene rings is 1. The first-order valence-electron chi connectivity index (χ1n) is 10.2. The Labute approximate surface area is 190 Å². The molecule has 0 radical (unpaired) electrons. The van der Waals surface area contributed by atoms with Crippen molar-refractivity contribution in [3.05, 3.63) is 51.9 Å². The third kappa shape index (κ3) is 4.86. The Kier molecular flexibility index (Phi) is 7.35. The number of aromatic amines is 1. The number of rotatable bonds is 8. The number of hydrogen-bond donors (Lipinski definition) is 4. The minimum Gasteiger partial charge on any atom is -0.480 e. The molecule has 1 aromatic carbocycles. The van der Waals surface area contributed by atoms with Crippen molar-refractivity contribution in [3.63, 3.8) is 0 Å². The number of carboxylic acid groups (broad SMARTS) is 1. The van der Waals surface area contributed by atoms with Gasteiger partial charge in [0, 0.05) is 36.3 Å². The van der Waals surface area contributed by atoms with Gasteiger partial charge in [0.25, 0.3) is 5.56 Å². The summed E-state index contributed by atoms with van der Waals surface area (Å²) < 4.78 is 7.47. The molecule has 172 valence electrons. The van der Waals surface area contributed by atoms with Crippen LogP contribution in [0.15, 0.2) is 35.3 Å². The molecule has 1 fully saturated rings. The third-order valence-electron chi connectivity index (χ3n) is 5.58. The van der Waals surface area contributed by atoms with Crippen molar-refractivity contribution in [2.24, 2.45) is 5.92 Å². The normalized spacial score (nSPS) is 15.7. The summed E-state index contributed by atoms with van der Waals surface area (Å²) in [5, 5.41) is 21.8. The molecule has 3 heterocycles. The standard InChI is InChI=1S/C22H26N4O5.ClH/c1-12-5-16(8-24-21(12)28)20-25-17-6-14(7-23-19(13(2)27)22(29)30)3-4-18(17)26(20)9-15-10-31-11-15;/h3-6,8,13,15,19,23,27H,7,9-11H2,1-2H3,(H,24,28)(H,29,30);1H. The number of imidazole rings is 1. The van der Waals surface area contributed by atoms with Gasteiger partial charge in [0.1, 0.15) is 11.9 Å².